The summed E-state index contributed by atoms with van der Waals surface area (Å²) >= 11 is 5.98. The van der Waals surface area contributed by atoms with Crippen LogP contribution in [0.5, 0.6) is 0 Å². The van der Waals surface area contributed by atoms with Crippen molar-refractivity contribution in [3.8, 4) is 0 Å². The van der Waals surface area contributed by atoms with Gasteiger partial charge in [0.2, 0.25) is 0 Å². The molecule has 0 aliphatic carbocycles. The van der Waals surface area contributed by atoms with Crippen molar-refractivity contribution in [1.29, 1.82) is 0 Å². The standard InChI is InChI=1S/C11H16ClN3O2/c1-15-7-9(6-13-15)10(16)14-11(8-12)2-4-17-5-3-11/h6-7H,2-5,8H2,1H3,(H,14,16). The van der Waals surface area contributed by atoms with E-state index < -0.39 is 0 Å². The molecule has 1 aromatic rings. The summed E-state index contributed by atoms with van der Waals surface area (Å²) < 4.78 is 6.90. The second kappa shape index (κ2) is 5.06. The SMILES string of the molecule is Cn1cc(C(=O)NC2(CCl)CCOCC2)cn1. The van der Waals surface area contributed by atoms with Crippen LogP contribution < -0.4 is 5.32 Å². The minimum atomic E-state index is -0.341. The van der Waals surface area contributed by atoms with E-state index in [1.54, 1.807) is 24.1 Å². The van der Waals surface area contributed by atoms with Gasteiger partial charge < -0.3 is 10.1 Å². The normalized spacial score (nSPS) is 18.9. The van der Waals surface area contributed by atoms with Gasteiger partial charge in [-0.1, -0.05) is 0 Å². The van der Waals surface area contributed by atoms with E-state index >= 15 is 0 Å². The van der Waals surface area contributed by atoms with Crippen LogP contribution in [0.25, 0.3) is 0 Å². The summed E-state index contributed by atoms with van der Waals surface area (Å²) in [4.78, 5) is 12.0. The molecule has 0 radical (unpaired) electrons. The molecule has 2 heterocycles. The highest BCUT2D eigenvalue weighted by Crippen LogP contribution is 2.22. The zero-order valence-corrected chi connectivity index (χ0v) is 10.5. The Morgan fingerprint density at radius 2 is 2.35 bits per heavy atom. The van der Waals surface area contributed by atoms with Gasteiger partial charge in [0.05, 0.1) is 17.3 Å². The van der Waals surface area contributed by atoms with Crippen molar-refractivity contribution in [2.75, 3.05) is 19.1 Å². The van der Waals surface area contributed by atoms with Gasteiger partial charge in [-0.2, -0.15) is 5.10 Å². The van der Waals surface area contributed by atoms with Crippen molar-refractivity contribution in [3.63, 3.8) is 0 Å². The molecule has 1 aliphatic heterocycles. The van der Waals surface area contributed by atoms with Gasteiger partial charge in [0.1, 0.15) is 0 Å². The van der Waals surface area contributed by atoms with Gasteiger partial charge in [0.25, 0.3) is 5.91 Å². The summed E-state index contributed by atoms with van der Waals surface area (Å²) in [6.07, 6.45) is 4.75. The van der Waals surface area contributed by atoms with E-state index in [4.69, 9.17) is 16.3 Å². The van der Waals surface area contributed by atoms with Crippen LogP contribution in [0.3, 0.4) is 0 Å². The first-order valence-corrected chi connectivity index (χ1v) is 6.13. The highest BCUT2D eigenvalue weighted by molar-refractivity contribution is 6.19. The second-order valence-corrected chi connectivity index (χ2v) is 4.65. The first-order valence-electron chi connectivity index (χ1n) is 5.60. The number of aromatic nitrogens is 2. The molecule has 1 aromatic heterocycles. The van der Waals surface area contributed by atoms with Crippen molar-refractivity contribution in [3.05, 3.63) is 18.0 Å². The fraction of sp³-hybridized carbons (Fsp3) is 0.636. The van der Waals surface area contributed by atoms with Crippen molar-refractivity contribution >= 4 is 17.5 Å². The molecule has 0 atom stereocenters. The molecule has 0 aromatic carbocycles. The van der Waals surface area contributed by atoms with E-state index in [-0.39, 0.29) is 11.4 Å². The Morgan fingerprint density at radius 1 is 1.65 bits per heavy atom. The van der Waals surface area contributed by atoms with E-state index in [1.165, 1.54) is 0 Å². The maximum absolute atomic E-state index is 12.0. The van der Waals surface area contributed by atoms with Crippen molar-refractivity contribution < 1.29 is 9.53 Å². The maximum atomic E-state index is 12.0. The number of hydrogen-bond acceptors (Lipinski definition) is 3. The molecule has 1 amide bonds. The third-order valence-corrected chi connectivity index (χ3v) is 3.56. The van der Waals surface area contributed by atoms with Crippen LogP contribution in [0.1, 0.15) is 23.2 Å². The number of rotatable bonds is 3. The highest BCUT2D eigenvalue weighted by Gasteiger charge is 2.33. The molecule has 1 N–H and O–H groups in total. The number of hydrogen-bond donors (Lipinski definition) is 1. The number of alkyl halides is 1. The van der Waals surface area contributed by atoms with Gasteiger partial charge in [-0.15, -0.1) is 11.6 Å². The third kappa shape index (κ3) is 2.79. The zero-order chi connectivity index (χ0) is 12.3. The molecule has 1 saturated heterocycles. The predicted molar refractivity (Wildman–Crippen MR) is 64.2 cm³/mol. The minimum Gasteiger partial charge on any atom is -0.381 e. The summed E-state index contributed by atoms with van der Waals surface area (Å²) in [6, 6.07) is 0. The number of aryl methyl sites for hydroxylation is 1. The van der Waals surface area contributed by atoms with Gasteiger partial charge in [0.15, 0.2) is 0 Å². The molecule has 5 nitrogen and oxygen atoms in total. The maximum Gasteiger partial charge on any atom is 0.254 e. The average Bonchev–Trinajstić information content (AvgIpc) is 2.77. The third-order valence-electron chi connectivity index (χ3n) is 3.05. The van der Waals surface area contributed by atoms with E-state index in [0.29, 0.717) is 24.7 Å². The fourth-order valence-corrected chi connectivity index (χ4v) is 2.24. The first-order chi connectivity index (χ1) is 8.15. The zero-order valence-electron chi connectivity index (χ0n) is 9.78. The molecule has 1 aliphatic rings. The number of carbonyl (C=O) groups is 1. The lowest BCUT2D eigenvalue weighted by atomic mass is 9.92. The van der Waals surface area contributed by atoms with Crippen molar-refractivity contribution in [2.45, 2.75) is 18.4 Å². The molecule has 0 spiro atoms. The summed E-state index contributed by atoms with van der Waals surface area (Å²) in [5.41, 5.74) is 0.218. The Morgan fingerprint density at radius 3 is 2.88 bits per heavy atom. The Hall–Kier alpha value is -1.07. The largest absolute Gasteiger partial charge is 0.381 e. The van der Waals surface area contributed by atoms with Crippen LogP contribution >= 0.6 is 11.6 Å². The lowest BCUT2D eigenvalue weighted by Gasteiger charge is -2.36. The topological polar surface area (TPSA) is 56.2 Å². The van der Waals surface area contributed by atoms with Crippen LogP contribution in [-0.4, -0.2) is 40.3 Å². The average molecular weight is 258 g/mol. The molecule has 0 unspecified atom stereocenters. The van der Waals surface area contributed by atoms with Crippen LogP contribution in [-0.2, 0) is 11.8 Å². The Bertz CT molecular complexity index is 399. The molecule has 6 heteroatoms. The quantitative estimate of drug-likeness (QED) is 0.820. The smallest absolute Gasteiger partial charge is 0.254 e. The van der Waals surface area contributed by atoms with Crippen molar-refractivity contribution in [1.82, 2.24) is 15.1 Å². The van der Waals surface area contributed by atoms with Crippen LogP contribution in [0, 0.1) is 0 Å². The van der Waals surface area contributed by atoms with Crippen molar-refractivity contribution in [2.24, 2.45) is 7.05 Å². The van der Waals surface area contributed by atoms with Gasteiger partial charge in [-0.05, 0) is 12.8 Å². The number of ether oxygens (including phenoxy) is 1. The molecule has 0 saturated carbocycles. The molecule has 17 heavy (non-hydrogen) atoms. The Balaban J connectivity index is 2.05. The lowest BCUT2D eigenvalue weighted by Crippen LogP contribution is -2.53. The molecular formula is C11H16ClN3O2. The summed E-state index contributed by atoms with van der Waals surface area (Å²) in [7, 11) is 1.78. The van der Waals surface area contributed by atoms with E-state index in [0.717, 1.165) is 12.8 Å². The van der Waals surface area contributed by atoms with Gasteiger partial charge in [-0.3, -0.25) is 9.48 Å². The minimum absolute atomic E-state index is 0.124. The Kier molecular flexibility index (Phi) is 3.69. The van der Waals surface area contributed by atoms with Gasteiger partial charge >= 0.3 is 0 Å². The lowest BCUT2D eigenvalue weighted by molar-refractivity contribution is 0.0434. The van der Waals surface area contributed by atoms with Crippen LogP contribution in [0.2, 0.25) is 0 Å². The monoisotopic (exact) mass is 257 g/mol. The van der Waals surface area contributed by atoms with E-state index in [1.807, 2.05) is 0 Å². The first kappa shape index (κ1) is 12.4. The van der Waals surface area contributed by atoms with E-state index in [2.05, 4.69) is 10.4 Å². The van der Waals surface area contributed by atoms with Gasteiger partial charge in [0, 0.05) is 32.3 Å². The number of nitrogens with one attached hydrogen (secondary N) is 1. The van der Waals surface area contributed by atoms with Crippen LogP contribution in [0.4, 0.5) is 0 Å². The number of amides is 1. The second-order valence-electron chi connectivity index (χ2n) is 4.38. The predicted octanol–water partition coefficient (Wildman–Crippen LogP) is 0.938. The van der Waals surface area contributed by atoms with Crippen LogP contribution in [0.15, 0.2) is 12.4 Å². The number of carbonyl (C=O) groups excluding carboxylic acids is 1. The molecule has 1 fully saturated rings. The molecular weight excluding hydrogens is 242 g/mol. The number of nitrogens with zero attached hydrogens (tertiary/aromatic N) is 2. The van der Waals surface area contributed by atoms with Gasteiger partial charge in [-0.25, -0.2) is 0 Å². The summed E-state index contributed by atoms with van der Waals surface area (Å²) in [5.74, 6) is 0.281. The molecule has 94 valence electrons. The summed E-state index contributed by atoms with van der Waals surface area (Å²) in [5, 5.41) is 6.98. The highest BCUT2D eigenvalue weighted by atomic mass is 35.5. The number of halogens is 1. The Labute approximate surface area is 105 Å². The molecule has 2 rings (SSSR count). The fourth-order valence-electron chi connectivity index (χ4n) is 1.91. The molecule has 0 bridgehead atoms. The summed E-state index contributed by atoms with van der Waals surface area (Å²) in [6.45, 7) is 1.28. The van der Waals surface area contributed by atoms with E-state index in [9.17, 15) is 4.79 Å².